The Morgan fingerprint density at radius 1 is 1.57 bits per heavy atom. The van der Waals surface area contributed by atoms with Gasteiger partial charge in [-0.25, -0.2) is 4.79 Å². The number of aromatic nitrogens is 1. The molecule has 1 amide bonds. The zero-order valence-electron chi connectivity index (χ0n) is 23.0. The summed E-state index contributed by atoms with van der Waals surface area (Å²) in [5.74, 6) is 0. The fourth-order valence-electron chi connectivity index (χ4n) is 2.14. The fourth-order valence-corrected chi connectivity index (χ4v) is 2.14. The number of ether oxygens (including phenoxy) is 1. The second kappa shape index (κ2) is 5.77. The molecule has 0 unspecified atom stereocenters. The summed E-state index contributed by atoms with van der Waals surface area (Å²) >= 11 is 0. The number of carbonyl (C=O) groups excluding carboxylic acids is 1. The van der Waals surface area contributed by atoms with Crippen LogP contribution in [0.3, 0.4) is 0 Å². The number of alkyl carbamates (subject to hydrolysis) is 1. The lowest BCUT2D eigenvalue weighted by molar-refractivity contribution is 0.177. The molecule has 1 atom stereocenters. The van der Waals surface area contributed by atoms with E-state index in [4.69, 9.17) is 21.2 Å². The van der Waals surface area contributed by atoms with Gasteiger partial charge in [-0.1, -0.05) is 6.04 Å². The van der Waals surface area contributed by atoms with Gasteiger partial charge in [0.2, 0.25) is 0 Å². The second-order valence-electron chi connectivity index (χ2n) is 4.65. The molecule has 1 saturated heterocycles. The van der Waals surface area contributed by atoms with E-state index >= 15 is 0 Å². The van der Waals surface area contributed by atoms with Crippen LogP contribution < -0.4 is 5.32 Å². The smallest absolute Gasteiger partial charge is 0.407 e. The van der Waals surface area contributed by atoms with E-state index in [1.165, 1.54) is 0 Å². The van der Waals surface area contributed by atoms with Gasteiger partial charge in [0.15, 0.2) is 0 Å². The van der Waals surface area contributed by atoms with E-state index < -0.39 is 45.2 Å². The Bertz CT molecular complexity index is 1080. The van der Waals surface area contributed by atoms with Crippen molar-refractivity contribution in [2.45, 2.75) is 18.9 Å². The van der Waals surface area contributed by atoms with Crippen molar-refractivity contribution in [3.8, 4) is 0 Å². The molecule has 5 nitrogen and oxygen atoms in total. The van der Waals surface area contributed by atoms with Gasteiger partial charge in [-0.3, -0.25) is 0 Å². The molecule has 0 bridgehead atoms. The summed E-state index contributed by atoms with van der Waals surface area (Å²) in [4.78, 5) is 13.6. The quantitative estimate of drug-likeness (QED) is 0.887. The van der Waals surface area contributed by atoms with Crippen molar-refractivity contribution in [2.24, 2.45) is 0 Å². The van der Waals surface area contributed by atoms with Crippen LogP contribution in [0.1, 0.15) is 27.6 Å². The lowest BCUT2D eigenvalue weighted by atomic mass is 10.0. The third-order valence-corrected chi connectivity index (χ3v) is 3.11. The van der Waals surface area contributed by atoms with Crippen LogP contribution in [0, 0.1) is 0 Å². The van der Waals surface area contributed by atoms with Gasteiger partial charge in [-0.2, -0.15) is 0 Å². The van der Waals surface area contributed by atoms with Crippen LogP contribution in [0.15, 0.2) is 24.3 Å². The normalized spacial score (nSPS) is 28.4. The van der Waals surface area contributed by atoms with Crippen LogP contribution in [-0.4, -0.2) is 49.1 Å². The van der Waals surface area contributed by atoms with E-state index in [1.807, 2.05) is 0 Å². The first kappa shape index (κ1) is 5.65. The number of aryl methyl sites for hydroxylation is 1. The van der Waals surface area contributed by atoms with Gasteiger partial charge < -0.3 is 19.9 Å². The molecule has 2 aromatic rings. The molecule has 1 fully saturated rings. The number of rotatable bonds is 5. The predicted molar refractivity (Wildman–Crippen MR) is 82.5 cm³/mol. The molecule has 0 aliphatic carbocycles. The first-order valence-corrected chi connectivity index (χ1v) is 6.28. The summed E-state index contributed by atoms with van der Waals surface area (Å²) in [7, 11) is 0. The van der Waals surface area contributed by atoms with Crippen molar-refractivity contribution in [3.63, 3.8) is 0 Å². The average molecular weight is 299 g/mol. The van der Waals surface area contributed by atoms with Gasteiger partial charge in [0.25, 0.3) is 0 Å². The largest absolute Gasteiger partial charge is 0.447 e. The highest BCUT2D eigenvalue weighted by molar-refractivity contribution is 5.84. The molecule has 1 aromatic heterocycles. The molecule has 1 aromatic carbocycles. The maximum absolute atomic E-state index is 11.3. The van der Waals surface area contributed by atoms with E-state index in [1.54, 1.807) is 0 Å². The topological polar surface area (TPSA) is 57.4 Å². The third kappa shape index (κ3) is 3.19. The van der Waals surface area contributed by atoms with Crippen LogP contribution in [0.4, 0.5) is 4.79 Å². The van der Waals surface area contributed by atoms with Gasteiger partial charge in [0.05, 0.1) is 11.5 Å². The Hall–Kier alpha value is -2.01. The first-order chi connectivity index (χ1) is 14.9. The van der Waals surface area contributed by atoms with E-state index in [0.717, 1.165) is 0 Å². The number of benzene rings is 1. The zero-order valence-corrected chi connectivity index (χ0v) is 11.0. The third-order valence-electron chi connectivity index (χ3n) is 3.11. The number of aromatic amines is 1. The van der Waals surface area contributed by atoms with Gasteiger partial charge in [0, 0.05) is 34.5 Å². The second-order valence-corrected chi connectivity index (χ2v) is 4.65. The van der Waals surface area contributed by atoms with E-state index in [9.17, 15) is 4.79 Å². The summed E-state index contributed by atoms with van der Waals surface area (Å²) < 4.78 is 99.5. The number of nitrogens with one attached hydrogen (secondary N) is 2. The number of likely N-dealkylation sites (N-methyl/N-ethyl adjacent to an activating group) is 1. The minimum absolute atomic E-state index is 0.0125. The summed E-state index contributed by atoms with van der Waals surface area (Å²) in [6.07, 6.45) is -2.01. The molecule has 5 heteroatoms. The maximum atomic E-state index is 11.3. The molecule has 1 aliphatic heterocycles. The number of H-pyrrole nitrogens is 1. The highest BCUT2D eigenvalue weighted by Crippen LogP contribution is 2.21. The minimum Gasteiger partial charge on any atom is -0.447 e. The monoisotopic (exact) mass is 299 g/mol. The van der Waals surface area contributed by atoms with Crippen LogP contribution in [0.25, 0.3) is 10.9 Å². The van der Waals surface area contributed by atoms with Crippen molar-refractivity contribution in [3.05, 3.63) is 35.4 Å². The van der Waals surface area contributed by atoms with Crippen molar-refractivity contribution >= 4 is 17.0 Å². The molecule has 0 spiro atoms. The molecule has 2 N–H and O–H groups in total. The van der Waals surface area contributed by atoms with Crippen LogP contribution in [0.5, 0.6) is 0 Å². The van der Waals surface area contributed by atoms with E-state index in [0.29, 0.717) is 0 Å². The Morgan fingerprint density at radius 2 is 2.48 bits per heavy atom. The fraction of sp³-hybridized carbons (Fsp3) is 0.438. The van der Waals surface area contributed by atoms with Crippen molar-refractivity contribution in [1.29, 1.82) is 0 Å². The van der Waals surface area contributed by atoms with Gasteiger partial charge in [-0.15, -0.1) is 0 Å². The first-order valence-electron chi connectivity index (χ1n) is 12.3. The standard InChI is InChI=1S/C16H21N3O2/c1-19(2)6-5-12-9-17-15-4-3-11(8-14(12)15)7-13-10-21-16(20)18-13/h3-4,8-9,13,17H,5-7,10H2,1-2H3,(H,18,20)/t13-/m0/s1/i1D3,2D3,3D,4D,6D2,8D,9D. The maximum Gasteiger partial charge on any atom is 0.407 e. The zero-order chi connectivity index (χ0) is 25.1. The number of carbonyl (C=O) groups is 1. The molecule has 112 valence electrons. The predicted octanol–water partition coefficient (Wildman–Crippen LogP) is 1.92. The lowest BCUT2D eigenvalue weighted by Gasteiger charge is -2.09. The number of hydrogen-bond donors (Lipinski definition) is 2. The Kier molecular flexibility index (Phi) is 1.55. The number of amides is 1. The van der Waals surface area contributed by atoms with Gasteiger partial charge in [0.1, 0.15) is 6.61 Å². The highest BCUT2D eigenvalue weighted by atomic mass is 16.6. The summed E-state index contributed by atoms with van der Waals surface area (Å²) in [5.41, 5.74) is -0.238. The van der Waals surface area contributed by atoms with Crippen LogP contribution in [0.2, 0.25) is 0 Å². The number of fused-ring (bicyclic) bond motifs is 1. The average Bonchev–Trinajstić information content (AvgIpc) is 3.17. The van der Waals surface area contributed by atoms with Crippen LogP contribution in [-0.2, 0) is 17.6 Å². The molecule has 3 rings (SSSR count). The molecular formula is C16H21N3O2. The number of cyclic esters (lactones) is 1. The molecule has 0 radical (unpaired) electrons. The van der Waals surface area contributed by atoms with E-state index in [-0.39, 0.29) is 58.1 Å². The van der Waals surface area contributed by atoms with Gasteiger partial charge in [-0.05, 0) is 50.0 Å². The SMILES string of the molecule is [2H]c1[nH]c2c([2H])c([2H])c(C[C@H]3COC(=O)N3)c([2H])c2c1CC([2H])([2H])N(C([2H])([2H])[2H])C([2H])([2H])[2H]. The summed E-state index contributed by atoms with van der Waals surface area (Å²) in [5, 5.41) is 2.42. The Morgan fingerprint density at radius 3 is 3.24 bits per heavy atom. The minimum atomic E-state index is -3.33. The molecule has 0 saturated carbocycles. The van der Waals surface area contributed by atoms with Crippen molar-refractivity contribution < 1.29 is 26.0 Å². The Labute approximate surface area is 141 Å². The van der Waals surface area contributed by atoms with E-state index in [2.05, 4.69) is 10.3 Å². The Balaban J connectivity index is 2.14. The molecule has 1 aliphatic rings. The molecule has 21 heavy (non-hydrogen) atoms. The highest BCUT2D eigenvalue weighted by Gasteiger charge is 2.22. The summed E-state index contributed by atoms with van der Waals surface area (Å²) in [6.45, 7) is -9.65. The van der Waals surface area contributed by atoms with Crippen molar-refractivity contribution in [1.82, 2.24) is 15.2 Å². The number of hydrogen-bond acceptors (Lipinski definition) is 3. The summed E-state index contributed by atoms with van der Waals surface area (Å²) in [6, 6.07) is -1.56. The number of nitrogens with zero attached hydrogens (tertiary/aromatic N) is 1. The molecule has 2 heterocycles. The molecular weight excluding hydrogens is 266 g/mol. The lowest BCUT2D eigenvalue weighted by Crippen LogP contribution is -2.28. The van der Waals surface area contributed by atoms with Crippen molar-refractivity contribution in [2.75, 3.05) is 27.1 Å². The van der Waals surface area contributed by atoms with Crippen LogP contribution >= 0.6 is 0 Å². The van der Waals surface area contributed by atoms with Gasteiger partial charge >= 0.3 is 6.09 Å².